The van der Waals surface area contributed by atoms with Gasteiger partial charge in [-0.3, -0.25) is 9.27 Å². The first-order valence-corrected chi connectivity index (χ1v) is 14.5. The number of anilines is 2. The summed E-state index contributed by atoms with van der Waals surface area (Å²) in [6, 6.07) is 19.4. The fraction of sp³-hybridized carbons (Fsp3) is 0.0769. The minimum atomic E-state index is -4.37. The topological polar surface area (TPSA) is 104 Å². The normalized spacial score (nSPS) is 12.3. The highest BCUT2D eigenvalue weighted by Gasteiger charge is 2.19. The molecule has 0 saturated heterocycles. The molecule has 0 fully saturated rings. The Morgan fingerprint density at radius 3 is 2.39 bits per heavy atom. The number of thiazole rings is 2. The van der Waals surface area contributed by atoms with Gasteiger partial charge in [-0.2, -0.15) is 8.42 Å². The predicted octanol–water partition coefficient (Wildman–Crippen LogP) is 6.82. The Bertz CT molecular complexity index is 1660. The van der Waals surface area contributed by atoms with E-state index in [4.69, 9.17) is 9.54 Å². The second-order valence-corrected chi connectivity index (χ2v) is 11.2. The standard InChI is InChI=1S/C26H20F2N4O3S3/c27-18-8-11-20(21(28)13-18)23-14-37-26(31-23)30-22(12-16-6-9-19(10-7-16)32-38(33,34)35)24-15-36-25(29-24)17-4-2-1-3-5-17/h1-11,13-15,22,32H,12H2,(H,30,31)(H,33,34,35)/t22-/m0/s1. The van der Waals surface area contributed by atoms with Crippen LogP contribution in [0.3, 0.4) is 0 Å². The third kappa shape index (κ3) is 6.40. The van der Waals surface area contributed by atoms with E-state index in [2.05, 4.69) is 10.3 Å². The molecule has 3 N–H and O–H groups in total. The van der Waals surface area contributed by atoms with Crippen molar-refractivity contribution in [3.63, 3.8) is 0 Å². The Labute approximate surface area is 225 Å². The molecule has 0 radical (unpaired) electrons. The first-order chi connectivity index (χ1) is 18.2. The minimum Gasteiger partial charge on any atom is -0.353 e. The zero-order chi connectivity index (χ0) is 26.7. The van der Waals surface area contributed by atoms with Gasteiger partial charge in [-0.1, -0.05) is 42.5 Å². The van der Waals surface area contributed by atoms with Crippen LogP contribution in [0.15, 0.2) is 83.6 Å². The van der Waals surface area contributed by atoms with Crippen LogP contribution in [0.5, 0.6) is 0 Å². The summed E-state index contributed by atoms with van der Waals surface area (Å²) in [6.07, 6.45) is 0.476. The highest BCUT2D eigenvalue weighted by atomic mass is 32.2. The lowest BCUT2D eigenvalue weighted by Gasteiger charge is -2.17. The number of rotatable bonds is 9. The number of halogens is 2. The molecule has 2 aromatic heterocycles. The van der Waals surface area contributed by atoms with Gasteiger partial charge in [0.1, 0.15) is 16.6 Å². The average molecular weight is 571 g/mol. The molecular formula is C26H20F2N4O3S3. The number of hydrogen-bond donors (Lipinski definition) is 3. The van der Waals surface area contributed by atoms with Gasteiger partial charge in [-0.25, -0.2) is 18.7 Å². The molecule has 0 saturated carbocycles. The summed E-state index contributed by atoms with van der Waals surface area (Å²) in [4.78, 5) is 9.35. The fourth-order valence-corrected chi connectivity index (χ4v) is 5.87. The molecule has 0 aliphatic heterocycles. The van der Waals surface area contributed by atoms with Gasteiger partial charge in [0.15, 0.2) is 5.13 Å². The third-order valence-electron chi connectivity index (χ3n) is 5.55. The van der Waals surface area contributed by atoms with E-state index in [1.807, 2.05) is 40.4 Å². The summed E-state index contributed by atoms with van der Waals surface area (Å²) in [5.41, 5.74) is 3.46. The maximum absolute atomic E-state index is 14.3. The summed E-state index contributed by atoms with van der Waals surface area (Å²) in [5.74, 6) is -1.35. The van der Waals surface area contributed by atoms with Crippen molar-refractivity contribution >= 4 is 43.8 Å². The van der Waals surface area contributed by atoms with E-state index in [1.54, 1.807) is 29.6 Å². The summed E-state index contributed by atoms with van der Waals surface area (Å²) in [7, 11) is -4.37. The molecule has 5 aromatic rings. The van der Waals surface area contributed by atoms with Crippen LogP contribution in [-0.4, -0.2) is 22.9 Å². The molecule has 0 aliphatic carbocycles. The molecule has 0 unspecified atom stereocenters. The van der Waals surface area contributed by atoms with Gasteiger partial charge in [0.25, 0.3) is 0 Å². The predicted molar refractivity (Wildman–Crippen MR) is 147 cm³/mol. The summed E-state index contributed by atoms with van der Waals surface area (Å²) in [6.45, 7) is 0. The molecule has 3 aromatic carbocycles. The SMILES string of the molecule is O=S(=O)(O)Nc1ccc(C[C@H](Nc2nc(-c3ccc(F)cc3F)cs2)c2csc(-c3ccccc3)n2)cc1. The molecule has 5 rings (SSSR count). The van der Waals surface area contributed by atoms with Crippen molar-refractivity contribution in [3.8, 4) is 21.8 Å². The lowest BCUT2D eigenvalue weighted by Crippen LogP contribution is -2.14. The van der Waals surface area contributed by atoms with Crippen LogP contribution in [0, 0.1) is 11.6 Å². The Kier molecular flexibility index (Phi) is 7.47. The number of hydrogen-bond acceptors (Lipinski definition) is 7. The van der Waals surface area contributed by atoms with E-state index in [-0.39, 0.29) is 17.3 Å². The van der Waals surface area contributed by atoms with Crippen molar-refractivity contribution in [2.75, 3.05) is 10.0 Å². The molecule has 0 spiro atoms. The summed E-state index contributed by atoms with van der Waals surface area (Å²) >= 11 is 2.80. The monoisotopic (exact) mass is 570 g/mol. The molecule has 12 heteroatoms. The van der Waals surface area contributed by atoms with Crippen molar-refractivity contribution in [2.45, 2.75) is 12.5 Å². The summed E-state index contributed by atoms with van der Waals surface area (Å²) < 4.78 is 60.9. The van der Waals surface area contributed by atoms with Crippen LogP contribution in [0.4, 0.5) is 19.6 Å². The number of nitrogens with one attached hydrogen (secondary N) is 2. The van der Waals surface area contributed by atoms with E-state index in [0.29, 0.717) is 17.2 Å². The zero-order valence-electron chi connectivity index (χ0n) is 19.5. The number of aromatic nitrogens is 2. The van der Waals surface area contributed by atoms with E-state index in [0.717, 1.165) is 27.9 Å². The van der Waals surface area contributed by atoms with Crippen LogP contribution in [0.2, 0.25) is 0 Å². The highest BCUT2D eigenvalue weighted by Crippen LogP contribution is 2.33. The first kappa shape index (κ1) is 25.9. The van der Waals surface area contributed by atoms with Crippen LogP contribution in [-0.2, 0) is 16.7 Å². The quantitative estimate of drug-likeness (QED) is 0.168. The van der Waals surface area contributed by atoms with Gasteiger partial charge < -0.3 is 5.32 Å². The Hall–Kier alpha value is -3.71. The van der Waals surface area contributed by atoms with E-state index >= 15 is 0 Å². The van der Waals surface area contributed by atoms with Crippen LogP contribution >= 0.6 is 22.7 Å². The van der Waals surface area contributed by atoms with Crippen LogP contribution < -0.4 is 10.0 Å². The molecule has 38 heavy (non-hydrogen) atoms. The number of nitrogens with zero attached hydrogens (tertiary/aromatic N) is 2. The van der Waals surface area contributed by atoms with Gasteiger partial charge >= 0.3 is 10.3 Å². The maximum atomic E-state index is 14.3. The Morgan fingerprint density at radius 2 is 1.68 bits per heavy atom. The molecule has 2 heterocycles. The molecule has 7 nitrogen and oxygen atoms in total. The molecule has 1 atom stereocenters. The fourth-order valence-electron chi connectivity index (χ4n) is 3.79. The van der Waals surface area contributed by atoms with Crippen molar-refractivity contribution in [2.24, 2.45) is 0 Å². The highest BCUT2D eigenvalue weighted by molar-refractivity contribution is 7.87. The van der Waals surface area contributed by atoms with Gasteiger partial charge in [-0.05, 0) is 36.2 Å². The lowest BCUT2D eigenvalue weighted by molar-refractivity contribution is 0.489. The summed E-state index contributed by atoms with van der Waals surface area (Å²) in [5, 5.41) is 8.43. The zero-order valence-corrected chi connectivity index (χ0v) is 22.0. The van der Waals surface area contributed by atoms with Crippen LogP contribution in [0.25, 0.3) is 21.8 Å². The largest absolute Gasteiger partial charge is 0.357 e. The maximum Gasteiger partial charge on any atom is 0.357 e. The van der Waals surface area contributed by atoms with Crippen molar-refractivity contribution in [1.82, 2.24) is 9.97 Å². The van der Waals surface area contributed by atoms with Gasteiger partial charge in [0.2, 0.25) is 0 Å². The van der Waals surface area contributed by atoms with Crippen molar-refractivity contribution in [1.29, 1.82) is 0 Å². The average Bonchev–Trinajstić information content (AvgIpc) is 3.55. The Morgan fingerprint density at radius 1 is 0.921 bits per heavy atom. The molecular weight excluding hydrogens is 551 g/mol. The minimum absolute atomic E-state index is 0.203. The molecule has 0 amide bonds. The second-order valence-electron chi connectivity index (χ2n) is 8.28. The van der Waals surface area contributed by atoms with Crippen LogP contribution in [0.1, 0.15) is 17.3 Å². The first-order valence-electron chi connectivity index (χ1n) is 11.3. The molecule has 0 bridgehead atoms. The third-order valence-corrected chi connectivity index (χ3v) is 7.73. The van der Waals surface area contributed by atoms with E-state index in [9.17, 15) is 17.2 Å². The molecule has 194 valence electrons. The number of benzene rings is 3. The van der Waals surface area contributed by atoms with Crippen molar-refractivity contribution in [3.05, 3.63) is 106 Å². The van der Waals surface area contributed by atoms with E-state index in [1.165, 1.54) is 34.8 Å². The lowest BCUT2D eigenvalue weighted by atomic mass is 10.0. The van der Waals surface area contributed by atoms with E-state index < -0.39 is 21.9 Å². The van der Waals surface area contributed by atoms with Gasteiger partial charge in [-0.15, -0.1) is 22.7 Å². The second kappa shape index (κ2) is 11.0. The van der Waals surface area contributed by atoms with Gasteiger partial charge in [0.05, 0.1) is 23.1 Å². The van der Waals surface area contributed by atoms with Gasteiger partial charge in [0, 0.05) is 28.0 Å². The Balaban J connectivity index is 1.42. The van der Waals surface area contributed by atoms with Crippen molar-refractivity contribution < 1.29 is 21.8 Å². The molecule has 0 aliphatic rings. The smallest absolute Gasteiger partial charge is 0.353 e.